The largest absolute Gasteiger partial charge is 0.494 e. The molecule has 5 heteroatoms. The van der Waals surface area contributed by atoms with Gasteiger partial charge in [-0.25, -0.2) is 4.79 Å². The number of benzene rings is 2. The molecule has 1 fully saturated rings. The van der Waals surface area contributed by atoms with Crippen LogP contribution in [0.5, 0.6) is 17.2 Å². The normalized spacial score (nSPS) is 17.7. The highest BCUT2D eigenvalue weighted by Gasteiger charge is 2.27. The molecule has 5 nitrogen and oxygen atoms in total. The maximum Gasteiger partial charge on any atom is 0.343 e. The lowest BCUT2D eigenvalue weighted by atomic mass is 9.80. The minimum absolute atomic E-state index is 0.0419. The SMILES string of the molecule is C=CCCCC1CCC(C(=O)Oc2ccc(OC(=O)c3ccc(OCCCCCC(C)CC)cc3)cc2)CC1. The third-order valence-electron chi connectivity index (χ3n) is 7.85. The second-order valence-electron chi connectivity index (χ2n) is 11.0. The number of carbonyl (C=O) groups excluding carboxylic acids is 2. The molecule has 0 bridgehead atoms. The highest BCUT2D eigenvalue weighted by Crippen LogP contribution is 2.33. The van der Waals surface area contributed by atoms with Gasteiger partial charge in [-0.15, -0.1) is 6.58 Å². The topological polar surface area (TPSA) is 61.8 Å². The van der Waals surface area contributed by atoms with Crippen LogP contribution in [0.2, 0.25) is 0 Å². The third-order valence-corrected chi connectivity index (χ3v) is 7.85. The summed E-state index contributed by atoms with van der Waals surface area (Å²) in [7, 11) is 0. The Balaban J connectivity index is 1.36. The molecule has 1 unspecified atom stereocenters. The first-order valence-corrected chi connectivity index (χ1v) is 14.9. The number of allylic oxidation sites excluding steroid dienone is 1. The molecule has 1 saturated carbocycles. The maximum atomic E-state index is 12.6. The van der Waals surface area contributed by atoms with E-state index in [2.05, 4.69) is 20.4 Å². The summed E-state index contributed by atoms with van der Waals surface area (Å²) < 4.78 is 16.9. The molecule has 1 atom stereocenters. The highest BCUT2D eigenvalue weighted by atomic mass is 16.5. The summed E-state index contributed by atoms with van der Waals surface area (Å²) in [6.45, 7) is 9.00. The van der Waals surface area contributed by atoms with Gasteiger partial charge < -0.3 is 14.2 Å². The van der Waals surface area contributed by atoms with E-state index >= 15 is 0 Å². The zero-order chi connectivity index (χ0) is 27.9. The second-order valence-corrected chi connectivity index (χ2v) is 11.0. The first-order chi connectivity index (χ1) is 19.0. The van der Waals surface area contributed by atoms with Gasteiger partial charge in [-0.1, -0.05) is 52.0 Å². The molecule has 1 aliphatic rings. The molecule has 0 aromatic heterocycles. The number of esters is 2. The molecule has 0 aliphatic heterocycles. The molecule has 212 valence electrons. The lowest BCUT2D eigenvalue weighted by molar-refractivity contribution is -0.140. The average molecular weight is 535 g/mol. The van der Waals surface area contributed by atoms with E-state index < -0.39 is 5.97 Å². The molecule has 3 rings (SSSR count). The van der Waals surface area contributed by atoms with Crippen LogP contribution in [-0.2, 0) is 4.79 Å². The van der Waals surface area contributed by atoms with Gasteiger partial charge in [0.1, 0.15) is 17.2 Å². The van der Waals surface area contributed by atoms with Crippen molar-refractivity contribution in [1.29, 1.82) is 0 Å². The molecule has 1 aliphatic carbocycles. The van der Waals surface area contributed by atoms with Gasteiger partial charge in [0, 0.05) is 0 Å². The molecule has 0 N–H and O–H groups in total. The molecule has 0 amide bonds. The van der Waals surface area contributed by atoms with Crippen LogP contribution >= 0.6 is 0 Å². The molecule has 0 spiro atoms. The molecular weight excluding hydrogens is 488 g/mol. The standard InChI is InChI=1S/C34H46O5/c1-4-6-8-12-27-13-15-28(16-14-27)33(35)38-31-21-23-32(24-22-31)39-34(36)29-17-19-30(20-18-29)37-25-10-7-9-11-26(3)5-2/h4,17-24,26-28H,1,5-16,25H2,2-3H3. The first-order valence-electron chi connectivity index (χ1n) is 14.9. The van der Waals surface area contributed by atoms with Crippen molar-refractivity contribution in [3.05, 3.63) is 66.7 Å². The quantitative estimate of drug-likeness (QED) is 0.0931. The minimum Gasteiger partial charge on any atom is -0.494 e. The molecule has 0 heterocycles. The van der Waals surface area contributed by atoms with Crippen molar-refractivity contribution >= 4 is 11.9 Å². The van der Waals surface area contributed by atoms with Crippen molar-refractivity contribution in [3.8, 4) is 17.2 Å². The van der Waals surface area contributed by atoms with Crippen LogP contribution in [0.4, 0.5) is 0 Å². The van der Waals surface area contributed by atoms with Crippen molar-refractivity contribution in [1.82, 2.24) is 0 Å². The van der Waals surface area contributed by atoms with Crippen molar-refractivity contribution in [2.45, 2.75) is 90.9 Å². The summed E-state index contributed by atoms with van der Waals surface area (Å²) in [4.78, 5) is 25.2. The van der Waals surface area contributed by atoms with Crippen LogP contribution in [0, 0.1) is 17.8 Å². The van der Waals surface area contributed by atoms with Crippen LogP contribution in [-0.4, -0.2) is 18.5 Å². The van der Waals surface area contributed by atoms with Gasteiger partial charge in [0.2, 0.25) is 0 Å². The summed E-state index contributed by atoms with van der Waals surface area (Å²) in [5, 5.41) is 0. The number of hydrogen-bond donors (Lipinski definition) is 0. The average Bonchev–Trinajstić information content (AvgIpc) is 2.96. The second kappa shape index (κ2) is 16.8. The van der Waals surface area contributed by atoms with E-state index in [4.69, 9.17) is 14.2 Å². The molecule has 2 aromatic carbocycles. The number of unbranched alkanes of at least 4 members (excludes halogenated alkanes) is 3. The fourth-order valence-electron chi connectivity index (χ4n) is 5.03. The van der Waals surface area contributed by atoms with Crippen LogP contribution in [0.15, 0.2) is 61.2 Å². The van der Waals surface area contributed by atoms with E-state index in [9.17, 15) is 9.59 Å². The third kappa shape index (κ3) is 10.9. The van der Waals surface area contributed by atoms with Gasteiger partial charge in [-0.2, -0.15) is 0 Å². The van der Waals surface area contributed by atoms with Crippen LogP contribution in [0.25, 0.3) is 0 Å². The zero-order valence-corrected chi connectivity index (χ0v) is 23.9. The summed E-state index contributed by atoms with van der Waals surface area (Å²) in [5.41, 5.74) is 0.450. The van der Waals surface area contributed by atoms with E-state index in [-0.39, 0.29) is 11.9 Å². The number of hydrogen-bond acceptors (Lipinski definition) is 5. The summed E-state index contributed by atoms with van der Waals surface area (Å²) in [6.07, 6.45) is 15.3. The van der Waals surface area contributed by atoms with Crippen LogP contribution < -0.4 is 14.2 Å². The number of rotatable bonds is 16. The highest BCUT2D eigenvalue weighted by molar-refractivity contribution is 5.91. The van der Waals surface area contributed by atoms with E-state index in [1.54, 1.807) is 48.5 Å². The molecule has 0 saturated heterocycles. The Labute approximate surface area is 234 Å². The predicted molar refractivity (Wildman–Crippen MR) is 156 cm³/mol. The molecule has 39 heavy (non-hydrogen) atoms. The Morgan fingerprint density at radius 1 is 0.872 bits per heavy atom. The van der Waals surface area contributed by atoms with Crippen molar-refractivity contribution in [2.75, 3.05) is 6.61 Å². The first kappa shape index (κ1) is 30.5. The van der Waals surface area contributed by atoms with Gasteiger partial charge in [0.05, 0.1) is 18.1 Å². The van der Waals surface area contributed by atoms with Gasteiger partial charge >= 0.3 is 11.9 Å². The van der Waals surface area contributed by atoms with Gasteiger partial charge in [-0.05, 0) is 105 Å². The van der Waals surface area contributed by atoms with Crippen molar-refractivity contribution in [2.24, 2.45) is 17.8 Å². The monoisotopic (exact) mass is 534 g/mol. The van der Waals surface area contributed by atoms with Crippen LogP contribution in [0.1, 0.15) is 101 Å². The van der Waals surface area contributed by atoms with Gasteiger partial charge in [0.15, 0.2) is 0 Å². The fourth-order valence-corrected chi connectivity index (χ4v) is 5.03. The summed E-state index contributed by atoms with van der Waals surface area (Å²) in [6, 6.07) is 13.7. The zero-order valence-electron chi connectivity index (χ0n) is 23.9. The van der Waals surface area contributed by atoms with Crippen molar-refractivity contribution in [3.63, 3.8) is 0 Å². The lowest BCUT2D eigenvalue weighted by Crippen LogP contribution is -2.25. The Kier molecular flexibility index (Phi) is 13.1. The predicted octanol–water partition coefficient (Wildman–Crippen LogP) is 8.96. The fraction of sp³-hybridized carbons (Fsp3) is 0.529. The molecule has 2 aromatic rings. The van der Waals surface area contributed by atoms with E-state index in [1.165, 1.54) is 38.5 Å². The Bertz CT molecular complexity index is 1000. The molecular formula is C34H46O5. The summed E-state index contributed by atoms with van der Waals surface area (Å²) >= 11 is 0. The smallest absolute Gasteiger partial charge is 0.343 e. The van der Waals surface area contributed by atoms with Gasteiger partial charge in [0.25, 0.3) is 0 Å². The number of carbonyl (C=O) groups is 2. The Morgan fingerprint density at radius 3 is 2.15 bits per heavy atom. The Hall–Kier alpha value is -3.08. The van der Waals surface area contributed by atoms with Gasteiger partial charge in [-0.3, -0.25) is 4.79 Å². The maximum absolute atomic E-state index is 12.6. The van der Waals surface area contributed by atoms with Crippen LogP contribution in [0.3, 0.4) is 0 Å². The molecule has 0 radical (unpaired) electrons. The summed E-state index contributed by atoms with van der Waals surface area (Å²) in [5.74, 6) is 2.47. The minimum atomic E-state index is -0.443. The van der Waals surface area contributed by atoms with E-state index in [1.807, 2.05) is 6.08 Å². The number of ether oxygens (including phenoxy) is 3. The lowest BCUT2D eigenvalue weighted by Gasteiger charge is -2.27. The van der Waals surface area contributed by atoms with E-state index in [0.717, 1.165) is 50.2 Å². The Morgan fingerprint density at radius 2 is 1.51 bits per heavy atom. The van der Waals surface area contributed by atoms with Crippen molar-refractivity contribution < 1.29 is 23.8 Å². The van der Waals surface area contributed by atoms with E-state index in [0.29, 0.717) is 29.6 Å².